The van der Waals surface area contributed by atoms with Gasteiger partial charge in [-0.3, -0.25) is 9.97 Å². The van der Waals surface area contributed by atoms with E-state index in [1.807, 2.05) is 13.1 Å². The van der Waals surface area contributed by atoms with Crippen LogP contribution in [-0.4, -0.2) is 9.97 Å². The average Bonchev–Trinajstić information content (AvgIpc) is 2.17. The highest BCUT2D eigenvalue weighted by molar-refractivity contribution is 5.14. The monoisotopic (exact) mass is 178 g/mol. The van der Waals surface area contributed by atoms with Crippen LogP contribution >= 0.6 is 0 Å². The molecule has 0 spiro atoms. The molecule has 1 unspecified atom stereocenters. The molecule has 0 amide bonds. The minimum absolute atomic E-state index is 0.526. The van der Waals surface area contributed by atoms with Gasteiger partial charge in [0.2, 0.25) is 0 Å². The first-order valence-electron chi connectivity index (χ1n) is 5.01. The lowest BCUT2D eigenvalue weighted by molar-refractivity contribution is 0.692. The summed E-state index contributed by atoms with van der Waals surface area (Å²) < 4.78 is 0. The zero-order chi connectivity index (χ0) is 9.84. The molecule has 2 heteroatoms. The summed E-state index contributed by atoms with van der Waals surface area (Å²) >= 11 is 0. The van der Waals surface area contributed by atoms with E-state index in [-0.39, 0.29) is 0 Å². The molecule has 0 saturated carbocycles. The first-order valence-corrected chi connectivity index (χ1v) is 5.01. The predicted molar refractivity (Wildman–Crippen MR) is 54.9 cm³/mol. The summed E-state index contributed by atoms with van der Waals surface area (Å²) in [5.41, 5.74) is 3.33. The fourth-order valence-corrected chi connectivity index (χ4v) is 1.28. The predicted octanol–water partition coefficient (Wildman–Crippen LogP) is 2.86. The van der Waals surface area contributed by atoms with Crippen molar-refractivity contribution in [3.8, 4) is 0 Å². The van der Waals surface area contributed by atoms with Crippen LogP contribution in [0.4, 0.5) is 0 Å². The molecular weight excluding hydrogens is 160 g/mol. The van der Waals surface area contributed by atoms with Crippen LogP contribution in [0, 0.1) is 6.92 Å². The molecule has 1 aromatic heterocycles. The smallest absolute Gasteiger partial charge is 0.0618 e. The zero-order valence-corrected chi connectivity index (χ0v) is 8.96. The van der Waals surface area contributed by atoms with E-state index >= 15 is 0 Å². The molecule has 0 bridgehead atoms. The Kier molecular flexibility index (Phi) is 3.40. The second kappa shape index (κ2) is 4.35. The molecule has 0 aliphatic heterocycles. The molecule has 1 atom stereocenters. The lowest BCUT2D eigenvalue weighted by Crippen LogP contribution is -2.03. The molecule has 1 rings (SSSR count). The van der Waals surface area contributed by atoms with Crippen LogP contribution in [0.2, 0.25) is 0 Å². The van der Waals surface area contributed by atoms with Crippen molar-refractivity contribution in [1.29, 1.82) is 0 Å². The van der Waals surface area contributed by atoms with E-state index in [1.165, 1.54) is 0 Å². The summed E-state index contributed by atoms with van der Waals surface area (Å²) in [5, 5.41) is 0. The Morgan fingerprint density at radius 2 is 2.08 bits per heavy atom. The number of aromatic nitrogens is 2. The van der Waals surface area contributed by atoms with Crippen LogP contribution in [0.15, 0.2) is 6.20 Å². The third kappa shape index (κ3) is 2.27. The third-order valence-corrected chi connectivity index (χ3v) is 2.52. The van der Waals surface area contributed by atoms with Gasteiger partial charge in [0, 0.05) is 6.20 Å². The van der Waals surface area contributed by atoms with E-state index in [1.54, 1.807) is 0 Å². The van der Waals surface area contributed by atoms with Crippen molar-refractivity contribution in [1.82, 2.24) is 9.97 Å². The van der Waals surface area contributed by atoms with E-state index in [4.69, 9.17) is 0 Å². The molecule has 2 nitrogen and oxygen atoms in total. The molecule has 0 aromatic carbocycles. The van der Waals surface area contributed by atoms with Crippen molar-refractivity contribution in [3.63, 3.8) is 0 Å². The highest BCUT2D eigenvalue weighted by atomic mass is 14.8. The van der Waals surface area contributed by atoms with Crippen molar-refractivity contribution < 1.29 is 0 Å². The SMILES string of the molecule is CCc1nc(C(C)CC)cnc1C. The fourth-order valence-electron chi connectivity index (χ4n) is 1.28. The maximum absolute atomic E-state index is 4.60. The number of aryl methyl sites for hydroxylation is 2. The standard InChI is InChI=1S/C11H18N2/c1-5-8(3)11-7-12-9(4)10(6-2)13-11/h7-8H,5-6H2,1-4H3. The summed E-state index contributed by atoms with van der Waals surface area (Å²) in [6.45, 7) is 8.51. The van der Waals surface area contributed by atoms with E-state index in [9.17, 15) is 0 Å². The van der Waals surface area contributed by atoms with Crippen LogP contribution in [0.5, 0.6) is 0 Å². The molecule has 0 radical (unpaired) electrons. The Hall–Kier alpha value is -0.920. The van der Waals surface area contributed by atoms with Gasteiger partial charge in [-0.2, -0.15) is 0 Å². The number of hydrogen-bond acceptors (Lipinski definition) is 2. The van der Waals surface area contributed by atoms with Gasteiger partial charge >= 0.3 is 0 Å². The van der Waals surface area contributed by atoms with Gasteiger partial charge in [0.15, 0.2) is 0 Å². The van der Waals surface area contributed by atoms with Gasteiger partial charge in [0.05, 0.1) is 17.1 Å². The van der Waals surface area contributed by atoms with Crippen LogP contribution in [0.1, 0.15) is 50.2 Å². The Labute approximate surface area is 80.4 Å². The summed E-state index contributed by atoms with van der Waals surface area (Å²) in [6.07, 6.45) is 4.01. The van der Waals surface area contributed by atoms with Crippen molar-refractivity contribution >= 4 is 0 Å². The van der Waals surface area contributed by atoms with E-state index in [2.05, 4.69) is 30.7 Å². The topological polar surface area (TPSA) is 25.8 Å². The minimum atomic E-state index is 0.526. The molecule has 0 aliphatic carbocycles. The molecule has 13 heavy (non-hydrogen) atoms. The lowest BCUT2D eigenvalue weighted by atomic mass is 10.1. The zero-order valence-electron chi connectivity index (χ0n) is 8.96. The lowest BCUT2D eigenvalue weighted by Gasteiger charge is -2.09. The Morgan fingerprint density at radius 3 is 2.62 bits per heavy atom. The molecule has 0 saturated heterocycles. The highest BCUT2D eigenvalue weighted by Crippen LogP contribution is 2.16. The molecule has 1 aromatic rings. The van der Waals surface area contributed by atoms with Gasteiger partial charge < -0.3 is 0 Å². The first kappa shape index (κ1) is 10.2. The maximum Gasteiger partial charge on any atom is 0.0618 e. The van der Waals surface area contributed by atoms with Gasteiger partial charge in [-0.1, -0.05) is 20.8 Å². The summed E-state index contributed by atoms with van der Waals surface area (Å²) in [5.74, 6) is 0.526. The molecule has 72 valence electrons. The van der Waals surface area contributed by atoms with Crippen LogP contribution in [0.25, 0.3) is 0 Å². The van der Waals surface area contributed by atoms with Crippen molar-refractivity contribution in [2.45, 2.75) is 46.5 Å². The maximum atomic E-state index is 4.60. The highest BCUT2D eigenvalue weighted by Gasteiger charge is 2.07. The minimum Gasteiger partial charge on any atom is -0.258 e. The normalized spacial score (nSPS) is 12.9. The molecule has 1 heterocycles. The molecule has 0 fully saturated rings. The fraction of sp³-hybridized carbons (Fsp3) is 0.636. The Bertz CT molecular complexity index is 281. The molecular formula is C11H18N2. The van der Waals surface area contributed by atoms with E-state index < -0.39 is 0 Å². The average molecular weight is 178 g/mol. The van der Waals surface area contributed by atoms with Crippen molar-refractivity contribution in [2.24, 2.45) is 0 Å². The Balaban J connectivity index is 2.99. The first-order chi connectivity index (χ1) is 6.19. The van der Waals surface area contributed by atoms with Gasteiger partial charge in [-0.25, -0.2) is 0 Å². The van der Waals surface area contributed by atoms with E-state index in [0.29, 0.717) is 5.92 Å². The van der Waals surface area contributed by atoms with Crippen molar-refractivity contribution in [2.75, 3.05) is 0 Å². The quantitative estimate of drug-likeness (QED) is 0.711. The summed E-state index contributed by atoms with van der Waals surface area (Å²) in [7, 11) is 0. The van der Waals surface area contributed by atoms with Crippen LogP contribution < -0.4 is 0 Å². The van der Waals surface area contributed by atoms with Crippen LogP contribution in [-0.2, 0) is 6.42 Å². The number of hydrogen-bond donors (Lipinski definition) is 0. The summed E-state index contributed by atoms with van der Waals surface area (Å²) in [6, 6.07) is 0. The second-order valence-electron chi connectivity index (χ2n) is 3.49. The second-order valence-corrected chi connectivity index (χ2v) is 3.49. The molecule has 0 aliphatic rings. The summed E-state index contributed by atoms with van der Waals surface area (Å²) in [4.78, 5) is 8.96. The van der Waals surface area contributed by atoms with E-state index in [0.717, 1.165) is 29.9 Å². The van der Waals surface area contributed by atoms with Gasteiger partial charge in [0.1, 0.15) is 0 Å². The number of rotatable bonds is 3. The number of nitrogens with zero attached hydrogens (tertiary/aromatic N) is 2. The molecule has 0 N–H and O–H groups in total. The van der Waals surface area contributed by atoms with Gasteiger partial charge in [-0.05, 0) is 25.7 Å². The van der Waals surface area contributed by atoms with Crippen molar-refractivity contribution in [3.05, 3.63) is 23.3 Å². The largest absolute Gasteiger partial charge is 0.258 e. The van der Waals surface area contributed by atoms with Gasteiger partial charge in [0.25, 0.3) is 0 Å². The van der Waals surface area contributed by atoms with Crippen LogP contribution in [0.3, 0.4) is 0 Å². The third-order valence-electron chi connectivity index (χ3n) is 2.52. The van der Waals surface area contributed by atoms with Gasteiger partial charge in [-0.15, -0.1) is 0 Å². The Morgan fingerprint density at radius 1 is 1.38 bits per heavy atom.